The fourth-order valence-corrected chi connectivity index (χ4v) is 2.59. The Kier molecular flexibility index (Phi) is 4.28. The molecule has 1 saturated carbocycles. The lowest BCUT2D eigenvalue weighted by Gasteiger charge is -2.26. The minimum absolute atomic E-state index is 0.0326. The number of hydrogen-bond donors (Lipinski definition) is 0. The van der Waals surface area contributed by atoms with Crippen LogP contribution in [0, 0.1) is 12.8 Å². The second kappa shape index (κ2) is 5.94. The summed E-state index contributed by atoms with van der Waals surface area (Å²) in [6.45, 7) is 4.24. The average molecular weight is 248 g/mol. The van der Waals surface area contributed by atoms with Gasteiger partial charge in [0.05, 0.1) is 12.5 Å². The molecule has 2 rings (SSSR count). The van der Waals surface area contributed by atoms with Crippen molar-refractivity contribution in [3.05, 3.63) is 23.8 Å². The van der Waals surface area contributed by atoms with E-state index in [4.69, 9.17) is 4.74 Å². The molecule has 0 atom stereocenters. The highest BCUT2D eigenvalue weighted by Gasteiger charge is 2.28. The summed E-state index contributed by atoms with van der Waals surface area (Å²) in [5.41, 5.74) is 1.12. The van der Waals surface area contributed by atoms with Gasteiger partial charge in [-0.3, -0.25) is 4.79 Å². The zero-order chi connectivity index (χ0) is 13.0. The molecule has 0 spiro atoms. The van der Waals surface area contributed by atoms with E-state index in [0.717, 1.165) is 37.2 Å². The van der Waals surface area contributed by atoms with Crippen LogP contribution in [0.3, 0.4) is 0 Å². The standard InChI is InChI=1S/C14H20N2O2/c1-3-18-14(17)12-6-4-11(5-7-12)13-8-9-15-10(2)16-13/h8-9,11-12H,3-7H2,1-2H3/t11-,12-. The molecule has 0 aromatic carbocycles. The normalized spacial score (nSPS) is 23.7. The van der Waals surface area contributed by atoms with Gasteiger partial charge < -0.3 is 4.74 Å². The molecule has 1 fully saturated rings. The van der Waals surface area contributed by atoms with E-state index in [9.17, 15) is 4.79 Å². The van der Waals surface area contributed by atoms with Gasteiger partial charge >= 0.3 is 5.97 Å². The van der Waals surface area contributed by atoms with E-state index in [1.165, 1.54) is 0 Å². The number of rotatable bonds is 3. The summed E-state index contributed by atoms with van der Waals surface area (Å²) in [5, 5.41) is 0. The van der Waals surface area contributed by atoms with Crippen molar-refractivity contribution in [1.82, 2.24) is 9.97 Å². The second-order valence-electron chi connectivity index (χ2n) is 4.83. The molecule has 0 aliphatic heterocycles. The molecule has 1 aliphatic rings. The average Bonchev–Trinajstić information content (AvgIpc) is 2.39. The topological polar surface area (TPSA) is 52.1 Å². The van der Waals surface area contributed by atoms with Crippen molar-refractivity contribution in [3.63, 3.8) is 0 Å². The van der Waals surface area contributed by atoms with Crippen LogP contribution < -0.4 is 0 Å². The molecule has 1 aliphatic carbocycles. The molecule has 1 aromatic heterocycles. The smallest absolute Gasteiger partial charge is 0.308 e. The van der Waals surface area contributed by atoms with Crippen molar-refractivity contribution < 1.29 is 9.53 Å². The molecule has 1 aromatic rings. The Morgan fingerprint density at radius 1 is 1.39 bits per heavy atom. The largest absolute Gasteiger partial charge is 0.466 e. The van der Waals surface area contributed by atoms with Crippen LogP contribution in [0.25, 0.3) is 0 Å². The van der Waals surface area contributed by atoms with Crippen LogP contribution in [0.4, 0.5) is 0 Å². The first-order valence-corrected chi connectivity index (χ1v) is 6.67. The van der Waals surface area contributed by atoms with Crippen molar-refractivity contribution in [1.29, 1.82) is 0 Å². The summed E-state index contributed by atoms with van der Waals surface area (Å²) < 4.78 is 5.08. The Morgan fingerprint density at radius 2 is 2.11 bits per heavy atom. The summed E-state index contributed by atoms with van der Waals surface area (Å²) in [6.07, 6.45) is 5.66. The lowest BCUT2D eigenvalue weighted by molar-refractivity contribution is -0.149. The first-order chi connectivity index (χ1) is 8.70. The maximum absolute atomic E-state index is 11.6. The SMILES string of the molecule is CCOC(=O)[C@H]1CC[C@H](c2ccnc(C)n2)CC1. The number of aromatic nitrogens is 2. The number of hydrogen-bond acceptors (Lipinski definition) is 4. The molecule has 0 radical (unpaired) electrons. The Balaban J connectivity index is 1.92. The molecule has 0 N–H and O–H groups in total. The van der Waals surface area contributed by atoms with Gasteiger partial charge in [0.1, 0.15) is 5.82 Å². The molecule has 4 heteroatoms. The molecule has 0 bridgehead atoms. The van der Waals surface area contributed by atoms with Gasteiger partial charge in [0.2, 0.25) is 0 Å². The van der Waals surface area contributed by atoms with Crippen LogP contribution >= 0.6 is 0 Å². The summed E-state index contributed by atoms with van der Waals surface area (Å²) >= 11 is 0. The van der Waals surface area contributed by atoms with Gasteiger partial charge in [-0.1, -0.05) is 0 Å². The molecule has 0 amide bonds. The maximum Gasteiger partial charge on any atom is 0.308 e. The van der Waals surface area contributed by atoms with Gasteiger partial charge in [-0.15, -0.1) is 0 Å². The number of ether oxygens (including phenoxy) is 1. The van der Waals surface area contributed by atoms with Crippen LogP contribution in [0.2, 0.25) is 0 Å². The highest BCUT2D eigenvalue weighted by molar-refractivity contribution is 5.72. The van der Waals surface area contributed by atoms with E-state index in [1.807, 2.05) is 26.1 Å². The lowest BCUT2D eigenvalue weighted by Crippen LogP contribution is -2.23. The van der Waals surface area contributed by atoms with E-state index in [-0.39, 0.29) is 11.9 Å². The Labute approximate surface area is 108 Å². The molecule has 4 nitrogen and oxygen atoms in total. The third-order valence-corrected chi connectivity index (χ3v) is 3.56. The predicted octanol–water partition coefficient (Wildman–Crippen LogP) is 2.62. The summed E-state index contributed by atoms with van der Waals surface area (Å²) in [4.78, 5) is 20.2. The first-order valence-electron chi connectivity index (χ1n) is 6.67. The van der Waals surface area contributed by atoms with Crippen LogP contribution in [-0.4, -0.2) is 22.5 Å². The number of esters is 1. The minimum atomic E-state index is -0.0326. The van der Waals surface area contributed by atoms with E-state index < -0.39 is 0 Å². The zero-order valence-electron chi connectivity index (χ0n) is 11.1. The molecular formula is C14H20N2O2. The zero-order valence-corrected chi connectivity index (χ0v) is 11.1. The number of carbonyl (C=O) groups excluding carboxylic acids is 1. The fourth-order valence-electron chi connectivity index (χ4n) is 2.59. The third-order valence-electron chi connectivity index (χ3n) is 3.56. The van der Waals surface area contributed by atoms with Crippen molar-refractivity contribution in [2.75, 3.05) is 6.61 Å². The van der Waals surface area contributed by atoms with Gasteiger partial charge in [0, 0.05) is 17.8 Å². The predicted molar refractivity (Wildman–Crippen MR) is 68.1 cm³/mol. The fraction of sp³-hybridized carbons (Fsp3) is 0.643. The summed E-state index contributed by atoms with van der Waals surface area (Å²) in [7, 11) is 0. The van der Waals surface area contributed by atoms with Gasteiger partial charge in [-0.2, -0.15) is 0 Å². The summed E-state index contributed by atoms with van der Waals surface area (Å²) in [6, 6.07) is 1.99. The van der Waals surface area contributed by atoms with Crippen LogP contribution in [-0.2, 0) is 9.53 Å². The molecule has 98 valence electrons. The van der Waals surface area contributed by atoms with Gasteiger partial charge in [0.15, 0.2) is 0 Å². The van der Waals surface area contributed by atoms with E-state index in [2.05, 4.69) is 9.97 Å². The maximum atomic E-state index is 11.6. The molecular weight excluding hydrogens is 228 g/mol. The quantitative estimate of drug-likeness (QED) is 0.772. The minimum Gasteiger partial charge on any atom is -0.466 e. The molecule has 0 unspecified atom stereocenters. The van der Waals surface area contributed by atoms with Gasteiger partial charge in [-0.25, -0.2) is 9.97 Å². The highest BCUT2D eigenvalue weighted by Crippen LogP contribution is 2.35. The molecule has 18 heavy (non-hydrogen) atoms. The Hall–Kier alpha value is -1.45. The Morgan fingerprint density at radius 3 is 2.72 bits per heavy atom. The van der Waals surface area contributed by atoms with E-state index >= 15 is 0 Å². The highest BCUT2D eigenvalue weighted by atomic mass is 16.5. The number of carbonyl (C=O) groups is 1. The van der Waals surface area contributed by atoms with E-state index in [0.29, 0.717) is 12.5 Å². The summed E-state index contributed by atoms with van der Waals surface area (Å²) in [5.74, 6) is 1.34. The Bertz CT molecular complexity index is 412. The molecule has 0 saturated heterocycles. The molecule has 1 heterocycles. The van der Waals surface area contributed by atoms with Crippen molar-refractivity contribution >= 4 is 5.97 Å². The van der Waals surface area contributed by atoms with Crippen LogP contribution in [0.15, 0.2) is 12.3 Å². The van der Waals surface area contributed by atoms with Crippen molar-refractivity contribution in [2.45, 2.75) is 45.4 Å². The van der Waals surface area contributed by atoms with Gasteiger partial charge in [-0.05, 0) is 45.6 Å². The number of nitrogens with zero attached hydrogens (tertiary/aromatic N) is 2. The monoisotopic (exact) mass is 248 g/mol. The third kappa shape index (κ3) is 3.06. The lowest BCUT2D eigenvalue weighted by atomic mass is 9.80. The van der Waals surface area contributed by atoms with Crippen LogP contribution in [0.5, 0.6) is 0 Å². The van der Waals surface area contributed by atoms with E-state index in [1.54, 1.807) is 0 Å². The van der Waals surface area contributed by atoms with Crippen molar-refractivity contribution in [2.24, 2.45) is 5.92 Å². The number of aryl methyl sites for hydroxylation is 1. The first kappa shape index (κ1) is 13.0. The second-order valence-corrected chi connectivity index (χ2v) is 4.83. The van der Waals surface area contributed by atoms with Gasteiger partial charge in [0.25, 0.3) is 0 Å². The van der Waals surface area contributed by atoms with Crippen LogP contribution in [0.1, 0.15) is 50.0 Å². The van der Waals surface area contributed by atoms with Crippen molar-refractivity contribution in [3.8, 4) is 0 Å².